The number of nitrogens with one attached hydrogen (secondary N) is 3. The van der Waals surface area contributed by atoms with E-state index < -0.39 is 16.1 Å². The van der Waals surface area contributed by atoms with Crippen LogP contribution in [0.2, 0.25) is 0 Å². The number of aromatic nitrogens is 4. The van der Waals surface area contributed by atoms with Crippen molar-refractivity contribution < 1.29 is 13.2 Å². The maximum absolute atomic E-state index is 12.1. The number of hydrogen-bond donors (Lipinski definition) is 3. The van der Waals surface area contributed by atoms with Gasteiger partial charge < -0.3 is 5.32 Å². The van der Waals surface area contributed by atoms with Gasteiger partial charge in [-0.05, 0) is 23.6 Å². The number of rotatable bonds is 6. The Morgan fingerprint density at radius 1 is 1.26 bits per heavy atom. The number of nitrogens with zero attached hydrogens (tertiary/aromatic N) is 3. The summed E-state index contributed by atoms with van der Waals surface area (Å²) in [5.74, 6) is 0.736. The van der Waals surface area contributed by atoms with Gasteiger partial charge in [-0.15, -0.1) is 10.2 Å². The molecule has 0 aliphatic rings. The Morgan fingerprint density at radius 2 is 1.96 bits per heavy atom. The summed E-state index contributed by atoms with van der Waals surface area (Å²) in [6.45, 7) is 4.22. The lowest BCUT2D eigenvalue weighted by molar-refractivity contribution is 0.244. The minimum Gasteiger partial charge on any atom is -0.337 e. The molecule has 2 rings (SSSR count). The van der Waals surface area contributed by atoms with E-state index in [9.17, 15) is 13.2 Å². The Balaban J connectivity index is 2.01. The molecule has 3 N–H and O–H groups in total. The second-order valence-electron chi connectivity index (χ2n) is 5.36. The van der Waals surface area contributed by atoms with E-state index in [1.807, 2.05) is 18.6 Å². The van der Waals surface area contributed by atoms with Crippen molar-refractivity contribution in [3.8, 4) is 0 Å². The summed E-state index contributed by atoms with van der Waals surface area (Å²) in [5, 5.41) is 15.9. The molecule has 0 aliphatic carbocycles. The first-order chi connectivity index (χ1) is 10.9. The van der Waals surface area contributed by atoms with Crippen LogP contribution in [-0.4, -0.2) is 41.6 Å². The van der Waals surface area contributed by atoms with Gasteiger partial charge in [0.25, 0.3) is 10.0 Å². The monoisotopic (exact) mass is 338 g/mol. The van der Waals surface area contributed by atoms with Crippen LogP contribution in [0.25, 0.3) is 0 Å². The van der Waals surface area contributed by atoms with Gasteiger partial charge in [-0.2, -0.15) is 5.21 Å². The van der Waals surface area contributed by atoms with Crippen LogP contribution in [0.5, 0.6) is 0 Å². The van der Waals surface area contributed by atoms with E-state index in [1.165, 1.54) is 12.1 Å². The number of carbonyl (C=O) groups excluding carboxylic acids is 1. The van der Waals surface area contributed by atoms with Gasteiger partial charge in [0.15, 0.2) is 5.82 Å². The quantitative estimate of drug-likeness (QED) is 0.700. The van der Waals surface area contributed by atoms with Crippen molar-refractivity contribution in [2.24, 2.45) is 5.92 Å². The fourth-order valence-electron chi connectivity index (χ4n) is 1.74. The highest BCUT2D eigenvalue weighted by Gasteiger charge is 2.17. The van der Waals surface area contributed by atoms with Gasteiger partial charge in [0.2, 0.25) is 0 Å². The Morgan fingerprint density at radius 3 is 2.52 bits per heavy atom. The Labute approximate surface area is 133 Å². The van der Waals surface area contributed by atoms with Crippen LogP contribution in [0.3, 0.4) is 0 Å². The molecule has 0 spiro atoms. The SMILES string of the molecule is CC(C)CNC(=O)NS(=O)(=O)c1ccc(Cc2nn[nH]n2)cc1. The molecular weight excluding hydrogens is 320 g/mol. The largest absolute Gasteiger partial charge is 0.337 e. The van der Waals surface area contributed by atoms with Gasteiger partial charge in [-0.25, -0.2) is 17.9 Å². The molecule has 0 saturated heterocycles. The third-order valence-corrected chi connectivity index (χ3v) is 4.23. The fourth-order valence-corrected chi connectivity index (χ4v) is 2.67. The molecule has 1 aromatic carbocycles. The fraction of sp³-hybridized carbons (Fsp3) is 0.385. The molecule has 1 aromatic heterocycles. The summed E-state index contributed by atoms with van der Waals surface area (Å²) >= 11 is 0. The van der Waals surface area contributed by atoms with E-state index in [1.54, 1.807) is 12.1 Å². The minimum absolute atomic E-state index is 0.00839. The number of H-pyrrole nitrogens is 1. The molecule has 0 aliphatic heterocycles. The van der Waals surface area contributed by atoms with E-state index in [0.29, 0.717) is 18.8 Å². The second kappa shape index (κ2) is 7.18. The maximum atomic E-state index is 12.1. The molecule has 0 radical (unpaired) electrons. The predicted molar refractivity (Wildman–Crippen MR) is 82.0 cm³/mol. The van der Waals surface area contributed by atoms with E-state index in [0.717, 1.165) is 5.56 Å². The molecule has 10 heteroatoms. The Bertz CT molecular complexity index is 741. The van der Waals surface area contributed by atoms with Gasteiger partial charge in [0.05, 0.1) is 4.90 Å². The number of hydrogen-bond acceptors (Lipinski definition) is 6. The summed E-state index contributed by atoms with van der Waals surface area (Å²) < 4.78 is 26.2. The average Bonchev–Trinajstić information content (AvgIpc) is 2.98. The molecular formula is C13H18N6O3S. The first kappa shape index (κ1) is 16.9. The van der Waals surface area contributed by atoms with Gasteiger partial charge in [0, 0.05) is 13.0 Å². The van der Waals surface area contributed by atoms with Crippen LogP contribution in [0.4, 0.5) is 4.79 Å². The van der Waals surface area contributed by atoms with Crippen molar-refractivity contribution in [3.05, 3.63) is 35.7 Å². The van der Waals surface area contributed by atoms with Crippen molar-refractivity contribution in [1.29, 1.82) is 0 Å². The normalized spacial score (nSPS) is 11.4. The third kappa shape index (κ3) is 5.02. The van der Waals surface area contributed by atoms with Crippen LogP contribution in [0.15, 0.2) is 29.2 Å². The summed E-state index contributed by atoms with van der Waals surface area (Å²) in [7, 11) is -3.90. The summed E-state index contributed by atoms with van der Waals surface area (Å²) in [6, 6.07) is 5.38. The number of amides is 2. The molecule has 124 valence electrons. The van der Waals surface area contributed by atoms with Crippen molar-refractivity contribution in [2.75, 3.05) is 6.54 Å². The van der Waals surface area contributed by atoms with E-state index in [2.05, 4.69) is 25.9 Å². The lowest BCUT2D eigenvalue weighted by Gasteiger charge is -2.10. The van der Waals surface area contributed by atoms with Crippen LogP contribution in [0.1, 0.15) is 25.2 Å². The summed E-state index contributed by atoms with van der Waals surface area (Å²) in [6.07, 6.45) is 0.430. The standard InChI is InChI=1S/C13H18N6O3S/c1-9(2)8-14-13(20)17-23(21,22)11-5-3-10(4-6-11)7-12-15-18-19-16-12/h3-6,9H,7-8H2,1-2H3,(H2,14,17,20)(H,15,16,18,19). The zero-order chi connectivity index (χ0) is 16.9. The smallest absolute Gasteiger partial charge is 0.328 e. The Hall–Kier alpha value is -2.49. The van der Waals surface area contributed by atoms with Crippen LogP contribution >= 0.6 is 0 Å². The van der Waals surface area contributed by atoms with Crippen molar-refractivity contribution in [2.45, 2.75) is 25.2 Å². The Kier molecular flexibility index (Phi) is 5.27. The first-order valence-electron chi connectivity index (χ1n) is 6.99. The average molecular weight is 338 g/mol. The highest BCUT2D eigenvalue weighted by Crippen LogP contribution is 2.12. The molecule has 0 bridgehead atoms. The van der Waals surface area contributed by atoms with Gasteiger partial charge >= 0.3 is 6.03 Å². The molecule has 0 unspecified atom stereocenters. The van der Waals surface area contributed by atoms with E-state index in [4.69, 9.17) is 0 Å². The maximum Gasteiger partial charge on any atom is 0.328 e. The highest BCUT2D eigenvalue weighted by molar-refractivity contribution is 7.90. The number of benzene rings is 1. The summed E-state index contributed by atoms with van der Waals surface area (Å²) in [4.78, 5) is 11.6. The number of tetrazole rings is 1. The van der Waals surface area contributed by atoms with Crippen LogP contribution in [-0.2, 0) is 16.4 Å². The van der Waals surface area contributed by atoms with E-state index >= 15 is 0 Å². The molecule has 2 amide bonds. The molecule has 2 aromatic rings. The lowest BCUT2D eigenvalue weighted by atomic mass is 10.1. The predicted octanol–water partition coefficient (Wildman–Crippen LogP) is 0.434. The molecule has 1 heterocycles. The van der Waals surface area contributed by atoms with Gasteiger partial charge in [-0.3, -0.25) is 0 Å². The number of carbonyl (C=O) groups is 1. The molecule has 0 saturated carbocycles. The molecule has 23 heavy (non-hydrogen) atoms. The van der Waals surface area contributed by atoms with Crippen molar-refractivity contribution >= 4 is 16.1 Å². The van der Waals surface area contributed by atoms with Gasteiger partial charge in [0.1, 0.15) is 0 Å². The van der Waals surface area contributed by atoms with E-state index in [-0.39, 0.29) is 10.8 Å². The highest BCUT2D eigenvalue weighted by atomic mass is 32.2. The third-order valence-electron chi connectivity index (χ3n) is 2.88. The number of urea groups is 1. The molecule has 0 atom stereocenters. The van der Waals surface area contributed by atoms with Crippen molar-refractivity contribution in [1.82, 2.24) is 30.7 Å². The summed E-state index contributed by atoms with van der Waals surface area (Å²) in [5.41, 5.74) is 0.828. The zero-order valence-corrected chi connectivity index (χ0v) is 13.6. The molecule has 9 nitrogen and oxygen atoms in total. The number of aromatic amines is 1. The molecule has 0 fully saturated rings. The minimum atomic E-state index is -3.90. The zero-order valence-electron chi connectivity index (χ0n) is 12.8. The van der Waals surface area contributed by atoms with Crippen LogP contribution in [0, 0.1) is 5.92 Å². The van der Waals surface area contributed by atoms with Crippen LogP contribution < -0.4 is 10.0 Å². The topological polar surface area (TPSA) is 130 Å². The van der Waals surface area contributed by atoms with Crippen molar-refractivity contribution in [3.63, 3.8) is 0 Å². The number of sulfonamides is 1. The lowest BCUT2D eigenvalue weighted by Crippen LogP contribution is -2.40. The first-order valence-corrected chi connectivity index (χ1v) is 8.47. The van der Waals surface area contributed by atoms with Gasteiger partial charge in [-0.1, -0.05) is 31.2 Å². The second-order valence-corrected chi connectivity index (χ2v) is 7.04.